The molecule has 5 nitrogen and oxygen atoms in total. The fraction of sp³-hybridized carbons (Fsp3) is 0.345. The van der Waals surface area contributed by atoms with Crippen molar-refractivity contribution in [2.45, 2.75) is 51.4 Å². The van der Waals surface area contributed by atoms with Crippen LogP contribution in [0.1, 0.15) is 60.0 Å². The van der Waals surface area contributed by atoms with Crippen LogP contribution in [0.25, 0.3) is 0 Å². The highest BCUT2D eigenvalue weighted by Crippen LogP contribution is 2.20. The lowest BCUT2D eigenvalue weighted by Crippen LogP contribution is -2.08. The van der Waals surface area contributed by atoms with Gasteiger partial charge in [0.05, 0.1) is 0 Å². The molecule has 3 aromatic rings. The number of aromatic hydroxyl groups is 1. The fourth-order valence-corrected chi connectivity index (χ4v) is 3.86. The Kier molecular flexibility index (Phi) is 10.3. The molecule has 180 valence electrons. The highest BCUT2D eigenvalue weighted by molar-refractivity contribution is 5.90. The molecule has 0 amide bonds. The van der Waals surface area contributed by atoms with E-state index in [0.717, 1.165) is 42.7 Å². The van der Waals surface area contributed by atoms with E-state index in [0.29, 0.717) is 13.2 Å². The van der Waals surface area contributed by atoms with Crippen molar-refractivity contribution in [3.8, 4) is 17.2 Å². The zero-order valence-corrected chi connectivity index (χ0v) is 19.6. The summed E-state index contributed by atoms with van der Waals surface area (Å²) in [5, 5.41) is 18.7. The number of carboxylic acid groups (broad SMARTS) is 1. The molecule has 0 aliphatic rings. The number of hydrogen-bond donors (Lipinski definition) is 2. The van der Waals surface area contributed by atoms with E-state index in [9.17, 15) is 9.90 Å². The van der Waals surface area contributed by atoms with E-state index in [1.165, 1.54) is 37.3 Å². The van der Waals surface area contributed by atoms with E-state index in [-0.39, 0.29) is 11.3 Å². The first-order valence-electron chi connectivity index (χ1n) is 12.1. The van der Waals surface area contributed by atoms with Gasteiger partial charge in [-0.25, -0.2) is 4.79 Å². The maximum Gasteiger partial charge on any atom is 0.339 e. The van der Waals surface area contributed by atoms with Crippen LogP contribution in [-0.2, 0) is 12.8 Å². The maximum absolute atomic E-state index is 11.1. The third-order valence-electron chi connectivity index (χ3n) is 5.76. The third-order valence-corrected chi connectivity index (χ3v) is 5.76. The van der Waals surface area contributed by atoms with Gasteiger partial charge in [0.25, 0.3) is 0 Å². The Morgan fingerprint density at radius 2 is 1.18 bits per heavy atom. The molecule has 0 fully saturated rings. The maximum atomic E-state index is 11.1. The molecular formula is C29H34O5. The SMILES string of the molecule is O=C(O)c1cc(CCCCCCCCc2ccc(OCCOc3ccccc3)cc2)ccc1O. The van der Waals surface area contributed by atoms with Gasteiger partial charge in [-0.15, -0.1) is 0 Å². The van der Waals surface area contributed by atoms with Gasteiger partial charge >= 0.3 is 5.97 Å². The Morgan fingerprint density at radius 3 is 1.79 bits per heavy atom. The smallest absolute Gasteiger partial charge is 0.339 e. The molecule has 0 unspecified atom stereocenters. The van der Waals surface area contributed by atoms with Crippen molar-refractivity contribution in [1.82, 2.24) is 0 Å². The lowest BCUT2D eigenvalue weighted by Gasteiger charge is -2.09. The fourth-order valence-electron chi connectivity index (χ4n) is 3.86. The highest BCUT2D eigenvalue weighted by Gasteiger charge is 2.09. The second kappa shape index (κ2) is 13.9. The largest absolute Gasteiger partial charge is 0.507 e. The molecule has 3 aromatic carbocycles. The molecule has 0 aromatic heterocycles. The number of rotatable bonds is 15. The lowest BCUT2D eigenvalue weighted by atomic mass is 10.0. The number of benzene rings is 3. The molecule has 0 radical (unpaired) electrons. The number of unbranched alkanes of at least 4 members (excludes halogenated alkanes) is 5. The topological polar surface area (TPSA) is 76.0 Å². The predicted octanol–water partition coefficient (Wildman–Crippen LogP) is 6.67. The van der Waals surface area contributed by atoms with Gasteiger partial charge in [0, 0.05) is 0 Å². The summed E-state index contributed by atoms with van der Waals surface area (Å²) in [4.78, 5) is 11.1. The van der Waals surface area contributed by atoms with E-state index in [1.54, 1.807) is 12.1 Å². The molecule has 0 atom stereocenters. The average molecular weight is 463 g/mol. The van der Waals surface area contributed by atoms with Gasteiger partial charge in [0.15, 0.2) is 0 Å². The molecule has 34 heavy (non-hydrogen) atoms. The van der Waals surface area contributed by atoms with Gasteiger partial charge in [-0.3, -0.25) is 0 Å². The van der Waals surface area contributed by atoms with Crippen LogP contribution >= 0.6 is 0 Å². The van der Waals surface area contributed by atoms with Crippen LogP contribution in [0.3, 0.4) is 0 Å². The molecule has 2 N–H and O–H groups in total. The Labute approximate surface area is 202 Å². The number of phenols is 1. The monoisotopic (exact) mass is 462 g/mol. The minimum absolute atomic E-state index is 0.0193. The van der Waals surface area contributed by atoms with Crippen LogP contribution in [0.2, 0.25) is 0 Å². The van der Waals surface area contributed by atoms with Crippen LogP contribution in [0.15, 0.2) is 72.8 Å². The molecule has 0 heterocycles. The summed E-state index contributed by atoms with van der Waals surface area (Å²) in [5.41, 5.74) is 2.27. The first kappa shape index (κ1) is 25.2. The lowest BCUT2D eigenvalue weighted by molar-refractivity contribution is 0.0693. The zero-order valence-electron chi connectivity index (χ0n) is 19.6. The van der Waals surface area contributed by atoms with Crippen molar-refractivity contribution >= 4 is 5.97 Å². The quantitative estimate of drug-likeness (QED) is 0.247. The van der Waals surface area contributed by atoms with E-state index in [2.05, 4.69) is 12.1 Å². The van der Waals surface area contributed by atoms with Gasteiger partial charge < -0.3 is 19.7 Å². The van der Waals surface area contributed by atoms with Crippen molar-refractivity contribution < 1.29 is 24.5 Å². The van der Waals surface area contributed by atoms with Crippen molar-refractivity contribution in [1.29, 1.82) is 0 Å². The van der Waals surface area contributed by atoms with Crippen LogP contribution in [0, 0.1) is 0 Å². The van der Waals surface area contributed by atoms with Gasteiger partial charge in [-0.2, -0.15) is 0 Å². The van der Waals surface area contributed by atoms with Gasteiger partial charge in [0.1, 0.15) is 36.0 Å². The summed E-state index contributed by atoms with van der Waals surface area (Å²) in [6, 6.07) is 22.9. The number of ether oxygens (including phenoxy) is 2. The number of para-hydroxylation sites is 1. The Bertz CT molecular complexity index is 999. The Hall–Kier alpha value is -3.47. The Morgan fingerprint density at radius 1 is 0.647 bits per heavy atom. The second-order valence-electron chi connectivity index (χ2n) is 8.43. The van der Waals surface area contributed by atoms with Crippen molar-refractivity contribution in [3.05, 3.63) is 89.5 Å². The molecule has 0 aliphatic heterocycles. The summed E-state index contributed by atoms with van der Waals surface area (Å²) < 4.78 is 11.4. The number of carboxylic acids is 1. The molecule has 0 aliphatic carbocycles. The molecule has 0 bridgehead atoms. The molecule has 0 saturated carbocycles. The van der Waals surface area contributed by atoms with E-state index < -0.39 is 5.97 Å². The summed E-state index contributed by atoms with van der Waals surface area (Å²) in [5.74, 6) is 0.458. The van der Waals surface area contributed by atoms with Crippen LogP contribution in [0.5, 0.6) is 17.2 Å². The first-order chi connectivity index (χ1) is 16.6. The van der Waals surface area contributed by atoms with Gasteiger partial charge in [0.2, 0.25) is 0 Å². The number of hydrogen-bond acceptors (Lipinski definition) is 4. The number of carbonyl (C=O) groups is 1. The molecule has 0 saturated heterocycles. The number of aryl methyl sites for hydroxylation is 2. The van der Waals surface area contributed by atoms with E-state index in [4.69, 9.17) is 14.6 Å². The third kappa shape index (κ3) is 8.81. The summed E-state index contributed by atoms with van der Waals surface area (Å²) in [6.45, 7) is 1.03. The van der Waals surface area contributed by atoms with Gasteiger partial charge in [-0.1, -0.05) is 62.1 Å². The second-order valence-corrected chi connectivity index (χ2v) is 8.43. The van der Waals surface area contributed by atoms with Crippen molar-refractivity contribution in [2.24, 2.45) is 0 Å². The highest BCUT2D eigenvalue weighted by atomic mass is 16.5. The van der Waals surface area contributed by atoms with E-state index >= 15 is 0 Å². The van der Waals surface area contributed by atoms with Crippen molar-refractivity contribution in [3.63, 3.8) is 0 Å². The van der Waals surface area contributed by atoms with Crippen molar-refractivity contribution in [2.75, 3.05) is 13.2 Å². The summed E-state index contributed by atoms with van der Waals surface area (Å²) in [7, 11) is 0. The summed E-state index contributed by atoms with van der Waals surface area (Å²) >= 11 is 0. The number of aromatic carboxylic acids is 1. The molecule has 5 heteroatoms. The minimum Gasteiger partial charge on any atom is -0.507 e. The standard InChI is InChI=1S/C29H34O5/c30-28-19-16-24(22-27(28)29(31)32)11-7-4-2-1-3-6-10-23-14-17-26(18-15-23)34-21-20-33-25-12-8-5-9-13-25/h5,8-9,12-19,22,30H,1-4,6-7,10-11,20-21H2,(H,31,32). The van der Waals surface area contributed by atoms with Crippen LogP contribution in [0.4, 0.5) is 0 Å². The zero-order chi connectivity index (χ0) is 24.0. The molecule has 0 spiro atoms. The van der Waals surface area contributed by atoms with E-state index in [1.807, 2.05) is 42.5 Å². The predicted molar refractivity (Wildman–Crippen MR) is 134 cm³/mol. The van der Waals surface area contributed by atoms with Gasteiger partial charge in [-0.05, 0) is 73.2 Å². The van der Waals surface area contributed by atoms with Crippen LogP contribution in [-0.4, -0.2) is 29.4 Å². The Balaban J connectivity index is 1.21. The summed E-state index contributed by atoms with van der Waals surface area (Å²) in [6.07, 6.45) is 8.84. The normalized spacial score (nSPS) is 10.7. The molecular weight excluding hydrogens is 428 g/mol. The average Bonchev–Trinajstić information content (AvgIpc) is 2.85. The molecule has 3 rings (SSSR count). The first-order valence-corrected chi connectivity index (χ1v) is 12.1. The minimum atomic E-state index is -1.09. The van der Waals surface area contributed by atoms with Crippen LogP contribution < -0.4 is 9.47 Å².